The summed E-state index contributed by atoms with van der Waals surface area (Å²) in [6.45, 7) is 0. The molecule has 114 valence electrons. The number of para-hydroxylation sites is 2. The van der Waals surface area contributed by atoms with Crippen LogP contribution in [0.3, 0.4) is 0 Å². The van der Waals surface area contributed by atoms with E-state index in [0.29, 0.717) is 12.2 Å². The smallest absolute Gasteiger partial charge is 0.310 e. The van der Waals surface area contributed by atoms with E-state index in [9.17, 15) is 15.2 Å². The number of aliphatic hydroxyl groups is 1. The number of benzene rings is 1. The molecule has 0 heterocycles. The zero-order valence-electron chi connectivity index (χ0n) is 12.0. The Morgan fingerprint density at radius 3 is 2.48 bits per heavy atom. The van der Waals surface area contributed by atoms with Crippen molar-refractivity contribution >= 4 is 5.69 Å². The number of rotatable bonds is 3. The Labute approximate surface area is 124 Å². The van der Waals surface area contributed by atoms with Crippen LogP contribution in [0.15, 0.2) is 24.3 Å². The van der Waals surface area contributed by atoms with Crippen LogP contribution in [0.1, 0.15) is 44.9 Å². The van der Waals surface area contributed by atoms with Crippen molar-refractivity contribution in [2.75, 3.05) is 0 Å². The molecular formula is C16H21NO4. The standard InChI is InChI=1S/C16H21NO4/c18-14-11-15(16(14)9-5-1-2-6-10-16)21-13-8-4-3-7-12(13)17(19)20/h3-4,7-8,14-15,18H,1-2,5-6,9-11H2. The maximum Gasteiger partial charge on any atom is 0.310 e. The first-order valence-electron chi connectivity index (χ1n) is 7.72. The molecule has 1 aromatic rings. The third kappa shape index (κ3) is 2.50. The van der Waals surface area contributed by atoms with E-state index in [0.717, 1.165) is 25.7 Å². The van der Waals surface area contributed by atoms with Gasteiger partial charge >= 0.3 is 5.69 Å². The molecule has 1 spiro atoms. The molecule has 1 aromatic carbocycles. The number of hydrogen-bond acceptors (Lipinski definition) is 4. The van der Waals surface area contributed by atoms with Gasteiger partial charge in [0.25, 0.3) is 0 Å². The quantitative estimate of drug-likeness (QED) is 0.684. The zero-order valence-corrected chi connectivity index (χ0v) is 12.0. The van der Waals surface area contributed by atoms with Crippen LogP contribution in [0.25, 0.3) is 0 Å². The van der Waals surface area contributed by atoms with Crippen molar-refractivity contribution in [3.8, 4) is 5.75 Å². The van der Waals surface area contributed by atoms with Gasteiger partial charge in [0.05, 0.1) is 11.0 Å². The van der Waals surface area contributed by atoms with Crippen LogP contribution in [-0.2, 0) is 0 Å². The summed E-state index contributed by atoms with van der Waals surface area (Å²) in [5, 5.41) is 21.3. The van der Waals surface area contributed by atoms with Crippen molar-refractivity contribution in [3.63, 3.8) is 0 Å². The molecule has 0 aliphatic heterocycles. The first-order valence-corrected chi connectivity index (χ1v) is 7.72. The lowest BCUT2D eigenvalue weighted by molar-refractivity contribution is -0.386. The maximum absolute atomic E-state index is 11.1. The molecule has 2 aliphatic rings. The van der Waals surface area contributed by atoms with Crippen LogP contribution in [0, 0.1) is 15.5 Å². The fourth-order valence-corrected chi connectivity index (χ4v) is 3.79. The van der Waals surface area contributed by atoms with Gasteiger partial charge in [-0.05, 0) is 18.9 Å². The predicted octanol–water partition coefficient (Wildman–Crippen LogP) is 3.45. The van der Waals surface area contributed by atoms with Gasteiger partial charge < -0.3 is 9.84 Å². The molecular weight excluding hydrogens is 270 g/mol. The Kier molecular flexibility index (Phi) is 3.85. The third-order valence-corrected chi connectivity index (χ3v) is 5.11. The van der Waals surface area contributed by atoms with Crippen molar-refractivity contribution in [3.05, 3.63) is 34.4 Å². The first kappa shape index (κ1) is 14.3. The van der Waals surface area contributed by atoms with E-state index in [-0.39, 0.29) is 23.3 Å². The molecule has 0 saturated heterocycles. The molecule has 3 rings (SSSR count). The molecule has 5 nitrogen and oxygen atoms in total. The van der Waals surface area contributed by atoms with Gasteiger partial charge in [0.2, 0.25) is 0 Å². The van der Waals surface area contributed by atoms with Gasteiger partial charge in [-0.1, -0.05) is 37.8 Å². The number of aliphatic hydroxyl groups excluding tert-OH is 1. The summed E-state index contributed by atoms with van der Waals surface area (Å²) in [5.41, 5.74) is -0.192. The van der Waals surface area contributed by atoms with Crippen molar-refractivity contribution in [2.45, 2.75) is 57.2 Å². The van der Waals surface area contributed by atoms with Gasteiger partial charge in [-0.25, -0.2) is 0 Å². The van der Waals surface area contributed by atoms with E-state index in [2.05, 4.69) is 0 Å². The Morgan fingerprint density at radius 2 is 1.86 bits per heavy atom. The number of nitro benzene ring substituents is 1. The van der Waals surface area contributed by atoms with Gasteiger partial charge in [0, 0.05) is 17.9 Å². The van der Waals surface area contributed by atoms with Gasteiger partial charge in [-0.3, -0.25) is 10.1 Å². The minimum atomic E-state index is -0.413. The average molecular weight is 291 g/mol. The molecule has 2 fully saturated rings. The second-order valence-electron chi connectivity index (χ2n) is 6.23. The highest BCUT2D eigenvalue weighted by Gasteiger charge is 2.55. The highest BCUT2D eigenvalue weighted by atomic mass is 16.6. The monoisotopic (exact) mass is 291 g/mol. The van der Waals surface area contributed by atoms with Crippen LogP contribution < -0.4 is 4.74 Å². The Morgan fingerprint density at radius 1 is 1.19 bits per heavy atom. The van der Waals surface area contributed by atoms with E-state index < -0.39 is 4.92 Å². The highest BCUT2D eigenvalue weighted by molar-refractivity contribution is 5.46. The second kappa shape index (κ2) is 5.64. The number of hydrogen-bond donors (Lipinski definition) is 1. The highest BCUT2D eigenvalue weighted by Crippen LogP contribution is 2.52. The van der Waals surface area contributed by atoms with Gasteiger partial charge in [0.15, 0.2) is 5.75 Å². The molecule has 5 heteroatoms. The van der Waals surface area contributed by atoms with E-state index in [1.807, 2.05) is 0 Å². The molecule has 0 aromatic heterocycles. The number of ether oxygens (including phenoxy) is 1. The summed E-state index contributed by atoms with van der Waals surface area (Å²) >= 11 is 0. The van der Waals surface area contributed by atoms with E-state index in [4.69, 9.17) is 4.74 Å². The lowest BCUT2D eigenvalue weighted by Crippen LogP contribution is -2.59. The third-order valence-electron chi connectivity index (χ3n) is 5.11. The summed E-state index contributed by atoms with van der Waals surface area (Å²) in [4.78, 5) is 10.7. The summed E-state index contributed by atoms with van der Waals surface area (Å²) in [5.74, 6) is 0.322. The number of nitro groups is 1. The summed E-state index contributed by atoms with van der Waals surface area (Å²) < 4.78 is 5.96. The largest absolute Gasteiger partial charge is 0.483 e. The fraction of sp³-hybridized carbons (Fsp3) is 0.625. The molecule has 21 heavy (non-hydrogen) atoms. The van der Waals surface area contributed by atoms with Crippen molar-refractivity contribution in [2.24, 2.45) is 5.41 Å². The van der Waals surface area contributed by atoms with Gasteiger partial charge in [0.1, 0.15) is 6.10 Å². The van der Waals surface area contributed by atoms with Crippen molar-refractivity contribution in [1.82, 2.24) is 0 Å². The molecule has 2 saturated carbocycles. The summed E-state index contributed by atoms with van der Waals surface area (Å²) in [6, 6.07) is 6.50. The minimum absolute atomic E-state index is 0.00246. The van der Waals surface area contributed by atoms with Crippen molar-refractivity contribution in [1.29, 1.82) is 0 Å². The molecule has 0 amide bonds. The normalized spacial score (nSPS) is 27.7. The lowest BCUT2D eigenvalue weighted by atomic mass is 9.59. The molecule has 0 bridgehead atoms. The number of nitrogens with zero attached hydrogens (tertiary/aromatic N) is 1. The SMILES string of the molecule is O=[N+]([O-])c1ccccc1OC1CC(O)C12CCCCCC2. The van der Waals surface area contributed by atoms with Gasteiger partial charge in [-0.2, -0.15) is 0 Å². The van der Waals surface area contributed by atoms with Crippen LogP contribution in [0.4, 0.5) is 5.69 Å². The van der Waals surface area contributed by atoms with E-state index in [1.54, 1.807) is 18.2 Å². The summed E-state index contributed by atoms with van der Waals surface area (Å²) in [6.07, 6.45) is 6.67. The zero-order chi connectivity index (χ0) is 14.9. The Balaban J connectivity index is 1.80. The molecule has 0 radical (unpaired) electrons. The maximum atomic E-state index is 11.1. The summed E-state index contributed by atoms with van der Waals surface area (Å²) in [7, 11) is 0. The Hall–Kier alpha value is -1.62. The van der Waals surface area contributed by atoms with Crippen LogP contribution in [0.5, 0.6) is 5.75 Å². The first-order chi connectivity index (χ1) is 10.1. The molecule has 2 unspecified atom stereocenters. The molecule has 2 aliphatic carbocycles. The topological polar surface area (TPSA) is 72.6 Å². The van der Waals surface area contributed by atoms with E-state index >= 15 is 0 Å². The predicted molar refractivity (Wildman–Crippen MR) is 78.3 cm³/mol. The fourth-order valence-electron chi connectivity index (χ4n) is 3.79. The van der Waals surface area contributed by atoms with Gasteiger partial charge in [-0.15, -0.1) is 0 Å². The second-order valence-corrected chi connectivity index (χ2v) is 6.23. The molecule has 2 atom stereocenters. The average Bonchev–Trinajstić information content (AvgIpc) is 2.75. The van der Waals surface area contributed by atoms with Crippen molar-refractivity contribution < 1.29 is 14.8 Å². The minimum Gasteiger partial charge on any atom is -0.483 e. The molecule has 1 N–H and O–H groups in total. The Bertz CT molecular complexity index is 523. The van der Waals surface area contributed by atoms with Crippen LogP contribution in [-0.4, -0.2) is 22.2 Å². The van der Waals surface area contributed by atoms with Crippen LogP contribution in [0.2, 0.25) is 0 Å². The van der Waals surface area contributed by atoms with Crippen LogP contribution >= 0.6 is 0 Å². The lowest BCUT2D eigenvalue weighted by Gasteiger charge is -2.53. The van der Waals surface area contributed by atoms with E-state index in [1.165, 1.54) is 18.9 Å².